The number of amides is 1. The topological polar surface area (TPSA) is 71.2 Å². The SMILES string of the molecule is Cc1cnc(NC(=O)c2ccc(N(C)C)c(N)c2)s1. The van der Waals surface area contributed by atoms with Crippen LogP contribution in [0.2, 0.25) is 0 Å². The summed E-state index contributed by atoms with van der Waals surface area (Å²) in [6, 6.07) is 5.25. The molecule has 1 aromatic heterocycles. The molecule has 1 heterocycles. The van der Waals surface area contributed by atoms with E-state index in [1.165, 1.54) is 11.3 Å². The Kier molecular flexibility index (Phi) is 3.71. The van der Waals surface area contributed by atoms with Crippen molar-refractivity contribution >= 4 is 33.8 Å². The number of aromatic nitrogens is 1. The van der Waals surface area contributed by atoms with Crippen LogP contribution >= 0.6 is 11.3 Å². The second-order valence-corrected chi connectivity index (χ2v) is 5.63. The third-order valence-electron chi connectivity index (χ3n) is 2.61. The Labute approximate surface area is 116 Å². The van der Waals surface area contributed by atoms with Gasteiger partial charge in [0.15, 0.2) is 5.13 Å². The molecule has 0 radical (unpaired) electrons. The predicted octanol–water partition coefficient (Wildman–Crippen LogP) is 2.35. The van der Waals surface area contributed by atoms with Gasteiger partial charge in [0.05, 0.1) is 11.4 Å². The van der Waals surface area contributed by atoms with Gasteiger partial charge in [-0.2, -0.15) is 0 Å². The summed E-state index contributed by atoms with van der Waals surface area (Å²) in [7, 11) is 3.81. The smallest absolute Gasteiger partial charge is 0.257 e. The minimum Gasteiger partial charge on any atom is -0.397 e. The lowest BCUT2D eigenvalue weighted by Crippen LogP contribution is -2.14. The molecule has 0 saturated heterocycles. The van der Waals surface area contributed by atoms with Gasteiger partial charge in [-0.1, -0.05) is 0 Å². The number of anilines is 3. The summed E-state index contributed by atoms with van der Waals surface area (Å²) < 4.78 is 0. The van der Waals surface area contributed by atoms with Crippen molar-refractivity contribution in [2.24, 2.45) is 0 Å². The van der Waals surface area contributed by atoms with Crippen LogP contribution in [0.3, 0.4) is 0 Å². The molecule has 0 atom stereocenters. The summed E-state index contributed by atoms with van der Waals surface area (Å²) in [4.78, 5) is 19.1. The summed E-state index contributed by atoms with van der Waals surface area (Å²) in [6.45, 7) is 1.94. The molecule has 0 saturated carbocycles. The van der Waals surface area contributed by atoms with E-state index in [-0.39, 0.29) is 5.91 Å². The quantitative estimate of drug-likeness (QED) is 0.844. The molecule has 2 rings (SSSR count). The summed E-state index contributed by atoms with van der Waals surface area (Å²) in [5.41, 5.74) is 7.91. The van der Waals surface area contributed by atoms with Crippen molar-refractivity contribution in [1.29, 1.82) is 0 Å². The minimum absolute atomic E-state index is 0.202. The van der Waals surface area contributed by atoms with E-state index in [1.54, 1.807) is 18.3 Å². The van der Waals surface area contributed by atoms with E-state index in [0.717, 1.165) is 10.6 Å². The maximum atomic E-state index is 12.0. The number of carbonyl (C=O) groups excluding carboxylic acids is 1. The number of nitrogens with two attached hydrogens (primary N) is 1. The number of nitrogens with zero attached hydrogens (tertiary/aromatic N) is 2. The zero-order chi connectivity index (χ0) is 14.0. The van der Waals surface area contributed by atoms with Crippen molar-refractivity contribution in [3.63, 3.8) is 0 Å². The zero-order valence-corrected chi connectivity index (χ0v) is 11.9. The van der Waals surface area contributed by atoms with E-state index in [4.69, 9.17) is 5.73 Å². The van der Waals surface area contributed by atoms with Crippen molar-refractivity contribution in [1.82, 2.24) is 4.98 Å². The predicted molar refractivity (Wildman–Crippen MR) is 80.0 cm³/mol. The summed E-state index contributed by atoms with van der Waals surface area (Å²) in [6.07, 6.45) is 1.73. The van der Waals surface area contributed by atoms with Crippen LogP contribution in [0, 0.1) is 6.92 Å². The fourth-order valence-electron chi connectivity index (χ4n) is 1.68. The lowest BCUT2D eigenvalue weighted by molar-refractivity contribution is 0.102. The lowest BCUT2D eigenvalue weighted by Gasteiger charge is -2.15. The highest BCUT2D eigenvalue weighted by molar-refractivity contribution is 7.15. The molecule has 0 bridgehead atoms. The summed E-state index contributed by atoms with van der Waals surface area (Å²) in [5.74, 6) is -0.202. The molecule has 2 aromatic rings. The van der Waals surface area contributed by atoms with Crippen LogP contribution in [0.4, 0.5) is 16.5 Å². The molecule has 0 aliphatic carbocycles. The first kappa shape index (κ1) is 13.4. The Morgan fingerprint density at radius 1 is 1.42 bits per heavy atom. The van der Waals surface area contributed by atoms with E-state index >= 15 is 0 Å². The number of carbonyl (C=O) groups is 1. The number of hydrogen-bond acceptors (Lipinski definition) is 5. The molecular weight excluding hydrogens is 260 g/mol. The van der Waals surface area contributed by atoms with E-state index in [2.05, 4.69) is 10.3 Å². The first-order chi connectivity index (χ1) is 8.97. The van der Waals surface area contributed by atoms with E-state index in [9.17, 15) is 4.79 Å². The van der Waals surface area contributed by atoms with Crippen LogP contribution in [0.1, 0.15) is 15.2 Å². The number of aryl methyl sites for hydroxylation is 1. The van der Waals surface area contributed by atoms with Gasteiger partial charge in [0, 0.05) is 30.7 Å². The molecule has 0 spiro atoms. The second kappa shape index (κ2) is 5.27. The maximum Gasteiger partial charge on any atom is 0.257 e. The van der Waals surface area contributed by atoms with Crippen LogP contribution in [0.25, 0.3) is 0 Å². The maximum absolute atomic E-state index is 12.0. The van der Waals surface area contributed by atoms with Gasteiger partial charge >= 0.3 is 0 Å². The fraction of sp³-hybridized carbons (Fsp3) is 0.231. The Balaban J connectivity index is 2.18. The normalized spacial score (nSPS) is 10.3. The monoisotopic (exact) mass is 276 g/mol. The molecule has 1 amide bonds. The third kappa shape index (κ3) is 3.03. The van der Waals surface area contributed by atoms with Gasteiger partial charge in [-0.15, -0.1) is 11.3 Å². The van der Waals surface area contributed by atoms with Gasteiger partial charge in [0.1, 0.15) is 0 Å². The van der Waals surface area contributed by atoms with Gasteiger partial charge < -0.3 is 10.6 Å². The number of thiazole rings is 1. The average Bonchev–Trinajstić information content (AvgIpc) is 2.74. The lowest BCUT2D eigenvalue weighted by atomic mass is 10.1. The third-order valence-corrected chi connectivity index (χ3v) is 3.44. The van der Waals surface area contributed by atoms with Gasteiger partial charge in [-0.25, -0.2) is 4.98 Å². The molecular formula is C13H16N4OS. The Bertz CT molecular complexity index is 606. The summed E-state index contributed by atoms with van der Waals surface area (Å²) in [5, 5.41) is 3.35. The van der Waals surface area contributed by atoms with Crippen LogP contribution in [-0.4, -0.2) is 25.0 Å². The molecule has 100 valence electrons. The highest BCUT2D eigenvalue weighted by atomic mass is 32.1. The molecule has 0 aliphatic heterocycles. The standard InChI is InChI=1S/C13H16N4OS/c1-8-7-15-13(19-8)16-12(18)9-4-5-11(17(2)3)10(14)6-9/h4-7H,14H2,1-3H3,(H,15,16,18). The highest BCUT2D eigenvalue weighted by Gasteiger charge is 2.10. The van der Waals surface area contributed by atoms with E-state index in [0.29, 0.717) is 16.4 Å². The van der Waals surface area contributed by atoms with Gasteiger partial charge in [0.2, 0.25) is 0 Å². The number of benzene rings is 1. The molecule has 0 unspecified atom stereocenters. The highest BCUT2D eigenvalue weighted by Crippen LogP contribution is 2.23. The number of nitrogen functional groups attached to an aromatic ring is 1. The number of rotatable bonds is 3. The molecule has 3 N–H and O–H groups in total. The van der Waals surface area contributed by atoms with Crippen LogP contribution in [0.5, 0.6) is 0 Å². The number of nitrogens with one attached hydrogen (secondary N) is 1. The van der Waals surface area contributed by atoms with Crippen LogP contribution < -0.4 is 16.0 Å². The molecule has 0 aliphatic rings. The summed E-state index contributed by atoms with van der Waals surface area (Å²) >= 11 is 1.44. The Hall–Kier alpha value is -2.08. The van der Waals surface area contributed by atoms with Crippen molar-refractivity contribution in [2.75, 3.05) is 30.0 Å². The largest absolute Gasteiger partial charge is 0.397 e. The molecule has 1 aromatic carbocycles. The average molecular weight is 276 g/mol. The van der Waals surface area contributed by atoms with E-state index < -0.39 is 0 Å². The number of hydrogen-bond donors (Lipinski definition) is 2. The Morgan fingerprint density at radius 2 is 2.16 bits per heavy atom. The first-order valence-electron chi connectivity index (χ1n) is 5.78. The van der Waals surface area contributed by atoms with Crippen LogP contribution in [-0.2, 0) is 0 Å². The molecule has 0 fully saturated rings. The zero-order valence-electron chi connectivity index (χ0n) is 11.1. The van der Waals surface area contributed by atoms with Crippen molar-refractivity contribution in [3.05, 3.63) is 34.8 Å². The van der Waals surface area contributed by atoms with Crippen LogP contribution in [0.15, 0.2) is 24.4 Å². The van der Waals surface area contributed by atoms with Crippen molar-refractivity contribution in [3.8, 4) is 0 Å². The second-order valence-electron chi connectivity index (χ2n) is 4.40. The molecule has 19 heavy (non-hydrogen) atoms. The fourth-order valence-corrected chi connectivity index (χ4v) is 2.34. The Morgan fingerprint density at radius 3 is 2.68 bits per heavy atom. The first-order valence-corrected chi connectivity index (χ1v) is 6.59. The van der Waals surface area contributed by atoms with Crippen molar-refractivity contribution < 1.29 is 4.79 Å². The van der Waals surface area contributed by atoms with Gasteiger partial charge in [0.25, 0.3) is 5.91 Å². The van der Waals surface area contributed by atoms with Crippen molar-refractivity contribution in [2.45, 2.75) is 6.92 Å². The molecule has 5 nitrogen and oxygen atoms in total. The van der Waals surface area contributed by atoms with Gasteiger partial charge in [-0.05, 0) is 25.1 Å². The van der Waals surface area contributed by atoms with E-state index in [1.807, 2.05) is 32.0 Å². The van der Waals surface area contributed by atoms with Gasteiger partial charge in [-0.3, -0.25) is 10.1 Å². The molecule has 6 heteroatoms. The minimum atomic E-state index is -0.202.